The van der Waals surface area contributed by atoms with Crippen LogP contribution in [0.25, 0.3) is 10.9 Å². The summed E-state index contributed by atoms with van der Waals surface area (Å²) in [4.78, 5) is 31.2. The Morgan fingerprint density at radius 2 is 1.88 bits per heavy atom. The smallest absolute Gasteiger partial charge is 0.246 e. The van der Waals surface area contributed by atoms with E-state index in [9.17, 15) is 9.59 Å². The number of fused-ring (bicyclic) bond motifs is 1. The molecular formula is C26H38N4O2. The van der Waals surface area contributed by atoms with Gasteiger partial charge in [0.05, 0.1) is 0 Å². The minimum Gasteiger partial charge on any atom is -0.350 e. The summed E-state index contributed by atoms with van der Waals surface area (Å²) < 4.78 is 2.19. The van der Waals surface area contributed by atoms with Crippen molar-refractivity contribution in [3.8, 4) is 0 Å². The van der Waals surface area contributed by atoms with Crippen molar-refractivity contribution in [3.05, 3.63) is 36.0 Å². The fourth-order valence-electron chi connectivity index (χ4n) is 5.52. The van der Waals surface area contributed by atoms with Crippen LogP contribution < -0.4 is 5.32 Å². The lowest BCUT2D eigenvalue weighted by atomic mass is 9.80. The molecule has 1 spiro atoms. The van der Waals surface area contributed by atoms with Crippen LogP contribution >= 0.6 is 0 Å². The van der Waals surface area contributed by atoms with Gasteiger partial charge in [-0.05, 0) is 43.2 Å². The predicted octanol–water partition coefficient (Wildman–Crippen LogP) is 3.69. The monoisotopic (exact) mass is 438 g/mol. The van der Waals surface area contributed by atoms with Gasteiger partial charge in [-0.3, -0.25) is 14.5 Å². The van der Waals surface area contributed by atoms with E-state index in [-0.39, 0.29) is 17.9 Å². The van der Waals surface area contributed by atoms with Gasteiger partial charge in [0.1, 0.15) is 11.6 Å². The predicted molar refractivity (Wildman–Crippen MR) is 128 cm³/mol. The Morgan fingerprint density at radius 1 is 1.16 bits per heavy atom. The number of benzene rings is 1. The van der Waals surface area contributed by atoms with Crippen molar-refractivity contribution in [2.45, 2.75) is 71.0 Å². The summed E-state index contributed by atoms with van der Waals surface area (Å²) in [6.07, 6.45) is 6.28. The Bertz CT molecular complexity index is 971. The number of carbonyl (C=O) groups excluding carboxylic acids is 2. The SMILES string of the molecule is CCCCN1C(=O)C(CC(C)C)NC(=O)C12CCN(Cc1cn(C)c3ccccc13)CC2. The second-order valence-electron chi connectivity index (χ2n) is 10.1. The van der Waals surface area contributed by atoms with Gasteiger partial charge in [-0.15, -0.1) is 0 Å². The Labute approximate surface area is 191 Å². The number of amides is 2. The van der Waals surface area contributed by atoms with Crippen LogP contribution in [0.4, 0.5) is 0 Å². The van der Waals surface area contributed by atoms with E-state index < -0.39 is 5.54 Å². The van der Waals surface area contributed by atoms with Crippen molar-refractivity contribution in [2.24, 2.45) is 13.0 Å². The van der Waals surface area contributed by atoms with E-state index in [0.717, 1.165) is 32.5 Å². The largest absolute Gasteiger partial charge is 0.350 e. The van der Waals surface area contributed by atoms with Crippen molar-refractivity contribution < 1.29 is 9.59 Å². The van der Waals surface area contributed by atoms with E-state index in [1.807, 2.05) is 4.90 Å². The molecule has 4 rings (SSSR count). The maximum atomic E-state index is 13.4. The molecule has 1 aromatic carbocycles. The number of unbranched alkanes of at least 4 members (excludes halogenated alkanes) is 1. The molecule has 2 aliphatic rings. The van der Waals surface area contributed by atoms with Crippen LogP contribution in [-0.2, 0) is 23.2 Å². The first kappa shape index (κ1) is 22.8. The van der Waals surface area contributed by atoms with E-state index >= 15 is 0 Å². The average molecular weight is 439 g/mol. The van der Waals surface area contributed by atoms with E-state index in [2.05, 4.69) is 73.1 Å². The molecule has 0 bridgehead atoms. The van der Waals surface area contributed by atoms with E-state index in [4.69, 9.17) is 0 Å². The molecular weight excluding hydrogens is 400 g/mol. The van der Waals surface area contributed by atoms with Crippen LogP contribution in [-0.4, -0.2) is 57.4 Å². The molecule has 2 aromatic rings. The molecule has 1 N–H and O–H groups in total. The zero-order valence-electron chi connectivity index (χ0n) is 20.1. The van der Waals surface area contributed by atoms with Crippen molar-refractivity contribution in [1.29, 1.82) is 0 Å². The molecule has 0 radical (unpaired) electrons. The fourth-order valence-corrected chi connectivity index (χ4v) is 5.52. The number of aryl methyl sites for hydroxylation is 1. The summed E-state index contributed by atoms with van der Waals surface area (Å²) in [5.74, 6) is 0.548. The van der Waals surface area contributed by atoms with Gasteiger partial charge in [0.2, 0.25) is 11.8 Å². The van der Waals surface area contributed by atoms with Crippen LogP contribution in [0.5, 0.6) is 0 Å². The van der Waals surface area contributed by atoms with Crippen molar-refractivity contribution in [2.75, 3.05) is 19.6 Å². The van der Waals surface area contributed by atoms with Gasteiger partial charge in [-0.1, -0.05) is 45.4 Å². The lowest BCUT2D eigenvalue weighted by Crippen LogP contribution is -2.73. The third-order valence-electron chi connectivity index (χ3n) is 7.31. The first-order valence-electron chi connectivity index (χ1n) is 12.2. The number of rotatable bonds is 7. The first-order valence-corrected chi connectivity index (χ1v) is 12.2. The van der Waals surface area contributed by atoms with Gasteiger partial charge in [-0.2, -0.15) is 0 Å². The third kappa shape index (κ3) is 4.17. The minimum absolute atomic E-state index is 0.0589. The van der Waals surface area contributed by atoms with E-state index in [1.165, 1.54) is 16.5 Å². The van der Waals surface area contributed by atoms with Gasteiger partial charge >= 0.3 is 0 Å². The van der Waals surface area contributed by atoms with E-state index in [0.29, 0.717) is 31.7 Å². The number of piperidine rings is 1. The van der Waals surface area contributed by atoms with Gasteiger partial charge in [-0.25, -0.2) is 0 Å². The molecule has 6 heteroatoms. The Morgan fingerprint density at radius 3 is 2.56 bits per heavy atom. The number of carbonyl (C=O) groups is 2. The molecule has 0 aliphatic carbocycles. The number of hydrogen-bond donors (Lipinski definition) is 1. The molecule has 2 fully saturated rings. The second kappa shape index (κ2) is 9.26. The number of para-hydroxylation sites is 1. The lowest BCUT2D eigenvalue weighted by molar-refractivity contribution is -0.161. The Balaban J connectivity index is 1.50. The van der Waals surface area contributed by atoms with Crippen LogP contribution in [0, 0.1) is 5.92 Å². The third-order valence-corrected chi connectivity index (χ3v) is 7.31. The summed E-state index contributed by atoms with van der Waals surface area (Å²) in [5.41, 5.74) is 1.88. The normalized spacial score (nSPS) is 21.7. The number of piperazine rings is 1. The quantitative estimate of drug-likeness (QED) is 0.717. The highest BCUT2D eigenvalue weighted by molar-refractivity contribution is 6.00. The van der Waals surface area contributed by atoms with Crippen LogP contribution in [0.1, 0.15) is 58.4 Å². The maximum absolute atomic E-state index is 13.4. The zero-order chi connectivity index (χ0) is 22.9. The molecule has 1 unspecified atom stereocenters. The molecule has 6 nitrogen and oxygen atoms in total. The highest BCUT2D eigenvalue weighted by Gasteiger charge is 2.53. The molecule has 1 atom stereocenters. The molecule has 0 saturated carbocycles. The Hall–Kier alpha value is -2.34. The van der Waals surface area contributed by atoms with Crippen LogP contribution in [0.15, 0.2) is 30.5 Å². The molecule has 174 valence electrons. The summed E-state index contributed by atoms with van der Waals surface area (Å²) in [5, 5.41) is 4.40. The number of likely N-dealkylation sites (tertiary alicyclic amines) is 1. The van der Waals surface area contributed by atoms with Gasteiger partial charge in [0.25, 0.3) is 0 Å². The van der Waals surface area contributed by atoms with Gasteiger partial charge in [0, 0.05) is 50.3 Å². The maximum Gasteiger partial charge on any atom is 0.246 e. The van der Waals surface area contributed by atoms with E-state index in [1.54, 1.807) is 0 Å². The fraction of sp³-hybridized carbons (Fsp3) is 0.615. The second-order valence-corrected chi connectivity index (χ2v) is 10.1. The molecule has 32 heavy (non-hydrogen) atoms. The minimum atomic E-state index is -0.686. The van der Waals surface area contributed by atoms with Crippen LogP contribution in [0.2, 0.25) is 0 Å². The molecule has 2 saturated heterocycles. The number of hydrogen-bond acceptors (Lipinski definition) is 3. The summed E-state index contributed by atoms with van der Waals surface area (Å²) in [7, 11) is 2.09. The average Bonchev–Trinajstić information content (AvgIpc) is 3.09. The standard InChI is InChI=1S/C26H38N4O2/c1-5-6-13-30-24(31)22(16-19(2)3)27-25(32)26(30)11-14-29(15-12-26)18-20-17-28(4)23-10-8-7-9-21(20)23/h7-10,17,19,22H,5-6,11-16,18H2,1-4H3,(H,27,32). The zero-order valence-corrected chi connectivity index (χ0v) is 20.1. The highest BCUT2D eigenvalue weighted by atomic mass is 16.2. The molecule has 2 aliphatic heterocycles. The van der Waals surface area contributed by atoms with Crippen molar-refractivity contribution in [1.82, 2.24) is 19.7 Å². The first-order chi connectivity index (χ1) is 15.4. The summed E-state index contributed by atoms with van der Waals surface area (Å²) >= 11 is 0. The topological polar surface area (TPSA) is 57.6 Å². The summed E-state index contributed by atoms with van der Waals surface area (Å²) in [6, 6.07) is 8.13. The number of aromatic nitrogens is 1. The van der Waals surface area contributed by atoms with Crippen LogP contribution in [0.3, 0.4) is 0 Å². The van der Waals surface area contributed by atoms with Crippen molar-refractivity contribution in [3.63, 3.8) is 0 Å². The molecule has 1 aromatic heterocycles. The van der Waals surface area contributed by atoms with Crippen molar-refractivity contribution >= 4 is 22.7 Å². The lowest BCUT2D eigenvalue weighted by Gasteiger charge is -2.52. The van der Waals surface area contributed by atoms with Gasteiger partial charge in [0.15, 0.2) is 0 Å². The van der Waals surface area contributed by atoms with Gasteiger partial charge < -0.3 is 14.8 Å². The number of nitrogens with zero attached hydrogens (tertiary/aromatic N) is 3. The number of nitrogens with one attached hydrogen (secondary N) is 1. The molecule has 3 heterocycles. The Kier molecular flexibility index (Phi) is 6.61. The molecule has 2 amide bonds. The summed E-state index contributed by atoms with van der Waals surface area (Å²) in [6.45, 7) is 9.54. The highest BCUT2D eigenvalue weighted by Crippen LogP contribution is 2.35.